The van der Waals surface area contributed by atoms with Crippen molar-refractivity contribution in [3.8, 4) is 23.4 Å². The quantitative estimate of drug-likeness (QED) is 0.466. The molecule has 5 rings (SSSR count). The lowest BCUT2D eigenvalue weighted by Gasteiger charge is -2.24. The van der Waals surface area contributed by atoms with Gasteiger partial charge >= 0.3 is 0 Å². The van der Waals surface area contributed by atoms with Gasteiger partial charge < -0.3 is 9.88 Å². The molecule has 0 amide bonds. The number of aromatic amines is 1. The van der Waals surface area contributed by atoms with Crippen LogP contribution in [0.4, 0.5) is 5.69 Å². The smallest absolute Gasteiger partial charge is 0.148 e. The van der Waals surface area contributed by atoms with E-state index in [1.54, 1.807) is 12.4 Å². The second kappa shape index (κ2) is 8.29. The number of halogens is 1. The molecule has 1 saturated heterocycles. The van der Waals surface area contributed by atoms with E-state index >= 15 is 0 Å². The maximum absolute atomic E-state index is 9.50. The molecule has 0 aliphatic carbocycles. The van der Waals surface area contributed by atoms with Crippen LogP contribution in [-0.2, 0) is 0 Å². The van der Waals surface area contributed by atoms with Gasteiger partial charge in [-0.15, -0.1) is 0 Å². The molecule has 0 bridgehead atoms. The van der Waals surface area contributed by atoms with Gasteiger partial charge in [0.25, 0.3) is 0 Å². The van der Waals surface area contributed by atoms with Gasteiger partial charge in [0, 0.05) is 48.5 Å². The van der Waals surface area contributed by atoms with Crippen molar-refractivity contribution in [2.45, 2.75) is 18.9 Å². The molecule has 1 aliphatic rings. The first kappa shape index (κ1) is 20.0. The molecule has 158 valence electrons. The van der Waals surface area contributed by atoms with E-state index in [1.165, 1.54) is 6.33 Å². The third kappa shape index (κ3) is 3.43. The van der Waals surface area contributed by atoms with Crippen molar-refractivity contribution in [3.05, 3.63) is 54.0 Å². The summed E-state index contributed by atoms with van der Waals surface area (Å²) in [6, 6.07) is 8.13. The Morgan fingerprint density at radius 3 is 3.00 bits per heavy atom. The van der Waals surface area contributed by atoms with E-state index in [0.29, 0.717) is 18.5 Å². The summed E-state index contributed by atoms with van der Waals surface area (Å²) < 4.78 is 1.87. The number of anilines is 1. The average Bonchev–Trinajstić information content (AvgIpc) is 3.57. The first-order chi connectivity index (χ1) is 15.7. The van der Waals surface area contributed by atoms with Gasteiger partial charge in [0.05, 0.1) is 36.1 Å². The molecule has 0 spiro atoms. The summed E-state index contributed by atoms with van der Waals surface area (Å²) in [5, 5.41) is 24.7. The normalized spacial score (nSPS) is 16.7. The van der Waals surface area contributed by atoms with Crippen molar-refractivity contribution < 1.29 is 0 Å². The molecule has 4 aromatic rings. The second-order valence-electron chi connectivity index (χ2n) is 7.70. The SMILES string of the molecule is N#CCC(C1CCN(c2ccnc(Cl)c2C#N)C1)n1cc(-c2ncnc3[nH]ccc23)cn1. The van der Waals surface area contributed by atoms with Crippen molar-refractivity contribution in [1.82, 2.24) is 29.7 Å². The van der Waals surface area contributed by atoms with Crippen LogP contribution in [0.3, 0.4) is 0 Å². The fraction of sp³-hybridized carbons (Fsp3) is 0.273. The summed E-state index contributed by atoms with van der Waals surface area (Å²) in [5.41, 5.74) is 3.61. The zero-order valence-corrected chi connectivity index (χ0v) is 17.7. The molecule has 4 aromatic heterocycles. The Balaban J connectivity index is 1.42. The number of nitrogens with zero attached hydrogens (tertiary/aromatic N) is 8. The molecule has 1 N–H and O–H groups in total. The molecule has 9 nitrogen and oxygen atoms in total. The summed E-state index contributed by atoms with van der Waals surface area (Å²) in [6.45, 7) is 1.47. The van der Waals surface area contributed by atoms with Crippen molar-refractivity contribution in [2.75, 3.05) is 18.0 Å². The molecule has 5 heterocycles. The van der Waals surface area contributed by atoms with E-state index in [-0.39, 0.29) is 17.1 Å². The van der Waals surface area contributed by atoms with Crippen molar-refractivity contribution in [2.24, 2.45) is 5.92 Å². The van der Waals surface area contributed by atoms with E-state index in [9.17, 15) is 10.5 Å². The predicted molar refractivity (Wildman–Crippen MR) is 119 cm³/mol. The number of aromatic nitrogens is 6. The molecule has 1 aliphatic heterocycles. The monoisotopic (exact) mass is 443 g/mol. The van der Waals surface area contributed by atoms with Crippen LogP contribution in [0.15, 0.2) is 43.2 Å². The van der Waals surface area contributed by atoms with Gasteiger partial charge in [0.1, 0.15) is 28.8 Å². The minimum atomic E-state index is -0.0925. The number of H-pyrrole nitrogens is 1. The zero-order chi connectivity index (χ0) is 22.1. The van der Waals surface area contributed by atoms with Gasteiger partial charge in [-0.1, -0.05) is 11.6 Å². The van der Waals surface area contributed by atoms with Crippen LogP contribution in [0.25, 0.3) is 22.3 Å². The van der Waals surface area contributed by atoms with Gasteiger partial charge in [-0.25, -0.2) is 15.0 Å². The second-order valence-corrected chi connectivity index (χ2v) is 8.06. The minimum Gasteiger partial charge on any atom is -0.370 e. The molecule has 2 unspecified atom stereocenters. The molecular weight excluding hydrogens is 426 g/mol. The van der Waals surface area contributed by atoms with E-state index in [0.717, 1.165) is 40.9 Å². The standard InChI is InChI=1S/C22H18ClN9/c23-21-17(9-25)19(3-7-26-21)31-8-4-14(11-31)18(1-5-24)32-12-15(10-30-32)20-16-2-6-27-22(16)29-13-28-20/h2-3,6-7,10,12-14,18H,1,4,8,11H2,(H,27,28,29). The average molecular weight is 444 g/mol. The van der Waals surface area contributed by atoms with E-state index in [2.05, 4.69) is 42.1 Å². The molecular formula is C22H18ClN9. The Morgan fingerprint density at radius 2 is 2.16 bits per heavy atom. The highest BCUT2D eigenvalue weighted by Crippen LogP contribution is 2.36. The Hall–Kier alpha value is -3.95. The number of nitrogens with one attached hydrogen (secondary N) is 1. The van der Waals surface area contributed by atoms with E-state index in [4.69, 9.17) is 11.6 Å². The van der Waals surface area contributed by atoms with Crippen LogP contribution in [0.2, 0.25) is 5.15 Å². The molecule has 2 atom stereocenters. The van der Waals surface area contributed by atoms with Gasteiger partial charge in [-0.3, -0.25) is 4.68 Å². The van der Waals surface area contributed by atoms with Crippen molar-refractivity contribution in [1.29, 1.82) is 10.5 Å². The van der Waals surface area contributed by atoms with Crippen LogP contribution in [0.5, 0.6) is 0 Å². The van der Waals surface area contributed by atoms with Gasteiger partial charge in [-0.05, 0) is 18.6 Å². The highest BCUT2D eigenvalue weighted by Gasteiger charge is 2.32. The predicted octanol–water partition coefficient (Wildman–Crippen LogP) is 3.72. The number of fused-ring (bicyclic) bond motifs is 1. The number of rotatable bonds is 5. The summed E-state index contributed by atoms with van der Waals surface area (Å²) in [5.74, 6) is 0.193. The van der Waals surface area contributed by atoms with Crippen molar-refractivity contribution >= 4 is 28.3 Å². The third-order valence-corrected chi connectivity index (χ3v) is 6.26. The highest BCUT2D eigenvalue weighted by molar-refractivity contribution is 6.30. The molecule has 0 saturated carbocycles. The first-order valence-corrected chi connectivity index (χ1v) is 10.6. The molecule has 0 aromatic carbocycles. The van der Waals surface area contributed by atoms with Crippen molar-refractivity contribution in [3.63, 3.8) is 0 Å². The summed E-state index contributed by atoms with van der Waals surface area (Å²) in [7, 11) is 0. The summed E-state index contributed by atoms with van der Waals surface area (Å²) >= 11 is 6.12. The number of hydrogen-bond acceptors (Lipinski definition) is 7. The lowest BCUT2D eigenvalue weighted by atomic mass is 9.96. The number of hydrogen-bond donors (Lipinski definition) is 1. The third-order valence-electron chi connectivity index (χ3n) is 5.97. The van der Waals surface area contributed by atoms with E-state index in [1.807, 2.05) is 29.2 Å². The first-order valence-electron chi connectivity index (χ1n) is 10.2. The number of nitriles is 2. The fourth-order valence-corrected chi connectivity index (χ4v) is 4.62. The van der Waals surface area contributed by atoms with Crippen LogP contribution in [0, 0.1) is 28.6 Å². The van der Waals surface area contributed by atoms with Crippen LogP contribution < -0.4 is 4.90 Å². The maximum atomic E-state index is 9.50. The molecule has 10 heteroatoms. The maximum Gasteiger partial charge on any atom is 0.148 e. The van der Waals surface area contributed by atoms with E-state index < -0.39 is 0 Å². The topological polar surface area (TPSA) is 123 Å². The van der Waals surface area contributed by atoms with Gasteiger partial charge in [0.2, 0.25) is 0 Å². The van der Waals surface area contributed by atoms with Gasteiger partial charge in [0.15, 0.2) is 0 Å². The van der Waals surface area contributed by atoms with Gasteiger partial charge in [-0.2, -0.15) is 15.6 Å². The lowest BCUT2D eigenvalue weighted by Crippen LogP contribution is -2.25. The number of pyridine rings is 1. The fourth-order valence-electron chi connectivity index (χ4n) is 4.43. The van der Waals surface area contributed by atoms with Crippen LogP contribution in [0.1, 0.15) is 24.4 Å². The largest absolute Gasteiger partial charge is 0.370 e. The highest BCUT2D eigenvalue weighted by atomic mass is 35.5. The molecule has 1 fully saturated rings. The Morgan fingerprint density at radius 1 is 1.25 bits per heavy atom. The zero-order valence-electron chi connectivity index (χ0n) is 17.0. The lowest BCUT2D eigenvalue weighted by molar-refractivity contribution is 0.332. The summed E-state index contributed by atoms with van der Waals surface area (Å²) in [4.78, 5) is 17.9. The Bertz CT molecular complexity index is 1360. The summed E-state index contributed by atoms with van der Waals surface area (Å²) in [6.07, 6.45) is 9.92. The Kier molecular flexibility index (Phi) is 5.18. The molecule has 32 heavy (non-hydrogen) atoms. The van der Waals surface area contributed by atoms with Crippen LogP contribution >= 0.6 is 11.6 Å². The minimum absolute atomic E-state index is 0.0925. The molecule has 0 radical (unpaired) electrons. The van der Waals surface area contributed by atoms with Crippen LogP contribution in [-0.4, -0.2) is 42.8 Å². The Labute approximate surface area is 188 Å².